The van der Waals surface area contributed by atoms with Gasteiger partial charge in [-0.05, 0) is 36.5 Å². The number of hydrogen-bond acceptors (Lipinski definition) is 1. The standard InChI is InChI=1S/C14H16FN/c15-13-5-1-4-12(9-13)14-7-6-11-3-2-8-16(14)10-11/h1-5,9,11,14H,6-8,10H2. The quantitative estimate of drug-likeness (QED) is 0.653. The molecule has 0 spiro atoms. The lowest BCUT2D eigenvalue weighted by Crippen LogP contribution is -2.40. The first kappa shape index (κ1) is 10.0. The molecule has 0 radical (unpaired) electrons. The van der Waals surface area contributed by atoms with Crippen molar-refractivity contribution in [2.45, 2.75) is 18.9 Å². The van der Waals surface area contributed by atoms with Gasteiger partial charge in [0.25, 0.3) is 0 Å². The van der Waals surface area contributed by atoms with Crippen LogP contribution < -0.4 is 0 Å². The Morgan fingerprint density at radius 1 is 1.25 bits per heavy atom. The van der Waals surface area contributed by atoms with Crippen LogP contribution in [0.3, 0.4) is 0 Å². The second kappa shape index (κ2) is 4.02. The average molecular weight is 217 g/mol. The molecule has 1 saturated heterocycles. The monoisotopic (exact) mass is 217 g/mol. The van der Waals surface area contributed by atoms with Crippen LogP contribution in [0.1, 0.15) is 24.4 Å². The van der Waals surface area contributed by atoms with Gasteiger partial charge in [-0.25, -0.2) is 4.39 Å². The van der Waals surface area contributed by atoms with Crippen molar-refractivity contribution in [2.24, 2.45) is 5.92 Å². The summed E-state index contributed by atoms with van der Waals surface area (Å²) in [5.74, 6) is 0.603. The summed E-state index contributed by atoms with van der Waals surface area (Å²) in [6.45, 7) is 2.15. The van der Waals surface area contributed by atoms with Crippen LogP contribution in [-0.2, 0) is 0 Å². The number of halogens is 1. The van der Waals surface area contributed by atoms with E-state index in [2.05, 4.69) is 17.1 Å². The summed E-state index contributed by atoms with van der Waals surface area (Å²) in [4.78, 5) is 2.46. The molecule has 2 aliphatic rings. The third kappa shape index (κ3) is 1.78. The van der Waals surface area contributed by atoms with Gasteiger partial charge in [-0.3, -0.25) is 4.90 Å². The van der Waals surface area contributed by atoms with E-state index in [1.54, 1.807) is 6.07 Å². The van der Waals surface area contributed by atoms with Gasteiger partial charge in [0.2, 0.25) is 0 Å². The zero-order valence-electron chi connectivity index (χ0n) is 9.27. The fourth-order valence-electron chi connectivity index (χ4n) is 2.91. The Balaban J connectivity index is 1.87. The molecule has 0 amide bonds. The maximum Gasteiger partial charge on any atom is 0.123 e. The van der Waals surface area contributed by atoms with Gasteiger partial charge in [0, 0.05) is 19.1 Å². The van der Waals surface area contributed by atoms with E-state index in [-0.39, 0.29) is 5.82 Å². The molecule has 0 aliphatic carbocycles. The Morgan fingerprint density at radius 3 is 3.06 bits per heavy atom. The van der Waals surface area contributed by atoms with Gasteiger partial charge in [0.15, 0.2) is 0 Å². The minimum absolute atomic E-state index is 0.118. The molecule has 0 aromatic heterocycles. The van der Waals surface area contributed by atoms with Gasteiger partial charge in [0.1, 0.15) is 5.82 Å². The van der Waals surface area contributed by atoms with Crippen molar-refractivity contribution in [1.29, 1.82) is 0 Å². The Labute approximate surface area is 95.6 Å². The van der Waals surface area contributed by atoms with E-state index >= 15 is 0 Å². The number of fused-ring (bicyclic) bond motifs is 2. The smallest absolute Gasteiger partial charge is 0.123 e. The molecular weight excluding hydrogens is 201 g/mol. The summed E-state index contributed by atoms with van der Waals surface area (Å²) in [7, 11) is 0. The highest BCUT2D eigenvalue weighted by Crippen LogP contribution is 2.35. The van der Waals surface area contributed by atoms with Crippen LogP contribution >= 0.6 is 0 Å². The molecule has 0 N–H and O–H groups in total. The van der Waals surface area contributed by atoms with Crippen LogP contribution in [0.25, 0.3) is 0 Å². The molecule has 2 heteroatoms. The van der Waals surface area contributed by atoms with Crippen molar-refractivity contribution in [2.75, 3.05) is 13.1 Å². The van der Waals surface area contributed by atoms with E-state index in [0.717, 1.165) is 31.0 Å². The maximum absolute atomic E-state index is 13.2. The summed E-state index contributed by atoms with van der Waals surface area (Å²) in [6, 6.07) is 7.48. The van der Waals surface area contributed by atoms with Crippen LogP contribution in [-0.4, -0.2) is 18.0 Å². The average Bonchev–Trinajstić information content (AvgIpc) is 2.29. The highest BCUT2D eigenvalue weighted by molar-refractivity contribution is 5.22. The first-order valence-corrected chi connectivity index (χ1v) is 5.99. The maximum atomic E-state index is 13.2. The van der Waals surface area contributed by atoms with Crippen molar-refractivity contribution in [1.82, 2.24) is 4.90 Å². The summed E-state index contributed by atoms with van der Waals surface area (Å²) in [5, 5.41) is 0. The molecule has 1 aromatic carbocycles. The molecule has 3 rings (SSSR count). The molecule has 1 aromatic rings. The van der Waals surface area contributed by atoms with E-state index in [0.29, 0.717) is 6.04 Å². The van der Waals surface area contributed by atoms with E-state index in [1.807, 2.05) is 12.1 Å². The number of rotatable bonds is 1. The Bertz CT molecular complexity index is 413. The van der Waals surface area contributed by atoms with E-state index in [9.17, 15) is 4.39 Å². The highest BCUT2D eigenvalue weighted by atomic mass is 19.1. The molecule has 2 aliphatic heterocycles. The van der Waals surface area contributed by atoms with Crippen LogP contribution in [0.15, 0.2) is 36.4 Å². The zero-order chi connectivity index (χ0) is 11.0. The third-order valence-electron chi connectivity index (χ3n) is 3.70. The summed E-state index contributed by atoms with van der Waals surface area (Å²) in [5.41, 5.74) is 1.13. The molecule has 3 atom stereocenters. The third-order valence-corrected chi connectivity index (χ3v) is 3.70. The molecule has 16 heavy (non-hydrogen) atoms. The topological polar surface area (TPSA) is 3.24 Å². The number of hydrogen-bond donors (Lipinski definition) is 0. The number of piperidine rings is 1. The van der Waals surface area contributed by atoms with Crippen LogP contribution in [0, 0.1) is 11.7 Å². The minimum Gasteiger partial charge on any atom is -0.292 e. The van der Waals surface area contributed by atoms with Gasteiger partial charge in [-0.2, -0.15) is 0 Å². The van der Waals surface area contributed by atoms with Crippen molar-refractivity contribution in [3.63, 3.8) is 0 Å². The molecule has 84 valence electrons. The fraction of sp³-hybridized carbons (Fsp3) is 0.429. The normalized spacial score (nSPS) is 32.7. The lowest BCUT2D eigenvalue weighted by atomic mass is 9.87. The second-order valence-electron chi connectivity index (χ2n) is 4.79. The summed E-state index contributed by atoms with van der Waals surface area (Å²) in [6.07, 6.45) is 6.96. The van der Waals surface area contributed by atoms with Gasteiger partial charge in [-0.15, -0.1) is 0 Å². The van der Waals surface area contributed by atoms with Crippen LogP contribution in [0.5, 0.6) is 0 Å². The second-order valence-corrected chi connectivity index (χ2v) is 4.79. The van der Waals surface area contributed by atoms with Crippen LogP contribution in [0.2, 0.25) is 0 Å². The molecule has 2 bridgehead atoms. The summed E-state index contributed by atoms with van der Waals surface area (Å²) >= 11 is 0. The molecule has 0 saturated carbocycles. The predicted octanol–water partition coefficient (Wildman–Crippen LogP) is 3.15. The largest absolute Gasteiger partial charge is 0.292 e. The van der Waals surface area contributed by atoms with Gasteiger partial charge >= 0.3 is 0 Å². The minimum atomic E-state index is -0.118. The molecule has 2 heterocycles. The fourth-order valence-corrected chi connectivity index (χ4v) is 2.91. The first-order valence-electron chi connectivity index (χ1n) is 5.99. The van der Waals surface area contributed by atoms with Crippen LogP contribution in [0.4, 0.5) is 4.39 Å². The zero-order valence-corrected chi connectivity index (χ0v) is 9.27. The van der Waals surface area contributed by atoms with Gasteiger partial charge in [-0.1, -0.05) is 24.3 Å². The van der Waals surface area contributed by atoms with Gasteiger partial charge < -0.3 is 0 Å². The number of nitrogens with zero attached hydrogens (tertiary/aromatic N) is 1. The lowest BCUT2D eigenvalue weighted by Gasteiger charge is -2.41. The Kier molecular flexibility index (Phi) is 2.52. The SMILES string of the molecule is Fc1cccc(C2CCC3C=CCN2C3)c1. The Hall–Kier alpha value is -1.15. The highest BCUT2D eigenvalue weighted by Gasteiger charge is 2.29. The predicted molar refractivity (Wildman–Crippen MR) is 62.6 cm³/mol. The molecule has 1 nitrogen and oxygen atoms in total. The lowest BCUT2D eigenvalue weighted by molar-refractivity contribution is 0.128. The van der Waals surface area contributed by atoms with Gasteiger partial charge in [0.05, 0.1) is 0 Å². The molecule has 1 fully saturated rings. The van der Waals surface area contributed by atoms with E-state index < -0.39 is 0 Å². The Morgan fingerprint density at radius 2 is 2.19 bits per heavy atom. The summed E-state index contributed by atoms with van der Waals surface area (Å²) < 4.78 is 13.2. The van der Waals surface area contributed by atoms with Crippen molar-refractivity contribution in [3.8, 4) is 0 Å². The molecule has 3 unspecified atom stereocenters. The first-order chi connectivity index (χ1) is 7.83. The van der Waals surface area contributed by atoms with E-state index in [1.165, 1.54) is 12.5 Å². The van der Waals surface area contributed by atoms with Crippen molar-refractivity contribution >= 4 is 0 Å². The number of benzene rings is 1. The van der Waals surface area contributed by atoms with Crippen molar-refractivity contribution < 1.29 is 4.39 Å². The van der Waals surface area contributed by atoms with E-state index in [4.69, 9.17) is 0 Å². The van der Waals surface area contributed by atoms with Crippen molar-refractivity contribution in [3.05, 3.63) is 47.8 Å². The molecular formula is C14H16FN.